The van der Waals surface area contributed by atoms with Crippen LogP contribution in [0.2, 0.25) is 5.02 Å². The molecule has 0 radical (unpaired) electrons. The van der Waals surface area contributed by atoms with Gasteiger partial charge in [0.25, 0.3) is 5.91 Å². The number of carbonyl (C=O) groups is 1. The molecular weight excluding hydrogens is 461 g/mol. The molecule has 0 aliphatic heterocycles. The summed E-state index contributed by atoms with van der Waals surface area (Å²) in [7, 11) is 0. The van der Waals surface area contributed by atoms with E-state index in [0.29, 0.717) is 18.4 Å². The van der Waals surface area contributed by atoms with E-state index < -0.39 is 34.4 Å². The van der Waals surface area contributed by atoms with E-state index in [9.17, 15) is 28.1 Å². The molecule has 1 amide bonds. The van der Waals surface area contributed by atoms with Crippen molar-refractivity contribution in [2.75, 3.05) is 18.6 Å². The number of hydrogen-bond acceptors (Lipinski definition) is 6. The van der Waals surface area contributed by atoms with Gasteiger partial charge in [-0.25, -0.2) is 0 Å². The number of thioether (sulfide) groups is 1. The van der Waals surface area contributed by atoms with Crippen molar-refractivity contribution < 1.29 is 32.4 Å². The van der Waals surface area contributed by atoms with Gasteiger partial charge in [-0.1, -0.05) is 11.6 Å². The van der Waals surface area contributed by atoms with Crippen LogP contribution in [-0.4, -0.2) is 35.5 Å². The minimum Gasteiger partial charge on any atom is -0.474 e. The van der Waals surface area contributed by atoms with Crippen LogP contribution in [0.3, 0.4) is 0 Å². The largest absolute Gasteiger partial charge is 0.474 e. The van der Waals surface area contributed by atoms with Crippen LogP contribution >= 0.6 is 23.4 Å². The number of ether oxygens (including phenoxy) is 2. The van der Waals surface area contributed by atoms with Gasteiger partial charge < -0.3 is 14.8 Å². The van der Waals surface area contributed by atoms with E-state index in [1.54, 1.807) is 0 Å². The minimum atomic E-state index is -4.57. The van der Waals surface area contributed by atoms with E-state index >= 15 is 0 Å². The first-order valence-corrected chi connectivity index (χ1v) is 10.6. The number of halogens is 4. The quantitative estimate of drug-likeness (QED) is 0.298. The number of nitrogens with zero attached hydrogens (tertiary/aromatic N) is 1. The Morgan fingerprint density at radius 1 is 1.26 bits per heavy atom. The topological polar surface area (TPSA) is 90.7 Å². The smallest absolute Gasteiger partial charge is 0.416 e. The van der Waals surface area contributed by atoms with Gasteiger partial charge in [0.1, 0.15) is 11.5 Å². The van der Waals surface area contributed by atoms with E-state index in [0.717, 1.165) is 24.3 Å². The van der Waals surface area contributed by atoms with Crippen molar-refractivity contribution in [3.8, 4) is 17.2 Å². The summed E-state index contributed by atoms with van der Waals surface area (Å²) < 4.78 is 49.2. The number of nitrogens with one attached hydrogen (secondary N) is 1. The molecule has 12 heteroatoms. The molecule has 2 rings (SSSR count). The normalized spacial score (nSPS) is 12.2. The van der Waals surface area contributed by atoms with E-state index in [1.165, 1.54) is 24.8 Å². The molecular formula is C19H18ClF3N2O5S. The average Bonchev–Trinajstić information content (AvgIpc) is 2.68. The van der Waals surface area contributed by atoms with Gasteiger partial charge in [0.05, 0.1) is 15.5 Å². The lowest BCUT2D eigenvalue weighted by Crippen LogP contribution is -2.37. The molecule has 0 aliphatic rings. The maximum atomic E-state index is 12.8. The van der Waals surface area contributed by atoms with Crippen molar-refractivity contribution in [3.63, 3.8) is 0 Å². The first-order valence-electron chi connectivity index (χ1n) is 8.79. The molecule has 168 valence electrons. The number of rotatable bonds is 9. The van der Waals surface area contributed by atoms with Crippen molar-refractivity contribution in [3.05, 3.63) is 57.1 Å². The lowest BCUT2D eigenvalue weighted by Gasteiger charge is -2.16. The van der Waals surface area contributed by atoms with Gasteiger partial charge in [-0.05, 0) is 37.4 Å². The number of carbonyl (C=O) groups excluding carboxylic acids is 1. The van der Waals surface area contributed by atoms with E-state index in [2.05, 4.69) is 5.32 Å². The van der Waals surface area contributed by atoms with E-state index in [-0.39, 0.29) is 22.3 Å². The molecule has 7 nitrogen and oxygen atoms in total. The Morgan fingerprint density at radius 3 is 2.55 bits per heavy atom. The number of hydrogen-bond donors (Lipinski definition) is 1. The van der Waals surface area contributed by atoms with Crippen LogP contribution in [0.5, 0.6) is 17.2 Å². The Labute approximate surface area is 185 Å². The molecule has 0 saturated carbocycles. The van der Waals surface area contributed by atoms with Crippen molar-refractivity contribution >= 4 is 35.0 Å². The summed E-state index contributed by atoms with van der Waals surface area (Å²) in [6.45, 7) is 1.84. The van der Waals surface area contributed by atoms with Crippen molar-refractivity contribution in [2.24, 2.45) is 0 Å². The van der Waals surface area contributed by atoms with Crippen LogP contribution in [0.15, 0.2) is 36.4 Å². The zero-order valence-electron chi connectivity index (χ0n) is 16.4. The van der Waals surface area contributed by atoms with Gasteiger partial charge in [0, 0.05) is 24.4 Å². The number of nitro groups is 1. The van der Waals surface area contributed by atoms with Gasteiger partial charge in [-0.2, -0.15) is 24.9 Å². The summed E-state index contributed by atoms with van der Waals surface area (Å²) in [5.74, 6) is -0.0661. The summed E-state index contributed by atoms with van der Waals surface area (Å²) in [5.41, 5.74) is -1.35. The van der Waals surface area contributed by atoms with Crippen molar-refractivity contribution in [1.82, 2.24) is 5.32 Å². The highest BCUT2D eigenvalue weighted by Crippen LogP contribution is 2.38. The average molecular weight is 479 g/mol. The number of nitro benzene ring substituents is 1. The maximum Gasteiger partial charge on any atom is 0.416 e. The second-order valence-corrected chi connectivity index (χ2v) is 7.57. The van der Waals surface area contributed by atoms with Gasteiger partial charge in [-0.3, -0.25) is 14.9 Å². The molecule has 2 aromatic carbocycles. The molecule has 0 fully saturated rings. The summed E-state index contributed by atoms with van der Waals surface area (Å²) in [5, 5.41) is 13.6. The first-order chi connectivity index (χ1) is 14.5. The summed E-state index contributed by atoms with van der Waals surface area (Å²) in [6.07, 6.45) is -3.72. The fraction of sp³-hybridized carbons (Fsp3) is 0.316. The highest BCUT2D eigenvalue weighted by atomic mass is 35.5. The minimum absolute atomic E-state index is 0.0252. The number of benzene rings is 2. The highest BCUT2D eigenvalue weighted by molar-refractivity contribution is 7.98. The summed E-state index contributed by atoms with van der Waals surface area (Å²) in [4.78, 5) is 22.7. The lowest BCUT2D eigenvalue weighted by molar-refractivity contribution is -0.386. The molecule has 0 saturated heterocycles. The Hall–Kier alpha value is -2.66. The van der Waals surface area contributed by atoms with Crippen LogP contribution in [0, 0.1) is 10.1 Å². The zero-order valence-corrected chi connectivity index (χ0v) is 17.9. The van der Waals surface area contributed by atoms with Crippen molar-refractivity contribution in [2.45, 2.75) is 19.2 Å². The Morgan fingerprint density at radius 2 is 1.97 bits per heavy atom. The Balaban J connectivity index is 2.23. The van der Waals surface area contributed by atoms with Crippen LogP contribution < -0.4 is 14.8 Å². The molecule has 0 bridgehead atoms. The standard InChI is InChI=1S/C19H18ClF3N2O5S/c1-11(18(26)24-7-8-31-2)29-17-10-13(4-5-15(17)25(27)28)30-16-6-3-12(9-14(16)20)19(21,22)23/h3-6,9-11H,7-8H2,1-2H3,(H,24,26). The number of alkyl halides is 3. The van der Waals surface area contributed by atoms with Crippen LogP contribution in [-0.2, 0) is 11.0 Å². The fourth-order valence-corrected chi connectivity index (χ4v) is 2.88. The lowest BCUT2D eigenvalue weighted by atomic mass is 10.2. The molecule has 31 heavy (non-hydrogen) atoms. The molecule has 0 heterocycles. The second kappa shape index (κ2) is 10.6. The molecule has 1 atom stereocenters. The molecule has 0 aliphatic carbocycles. The third-order valence-electron chi connectivity index (χ3n) is 3.89. The Bertz CT molecular complexity index is 959. The third-order valence-corrected chi connectivity index (χ3v) is 4.80. The molecule has 1 N–H and O–H groups in total. The molecule has 0 spiro atoms. The van der Waals surface area contributed by atoms with E-state index in [4.69, 9.17) is 21.1 Å². The zero-order chi connectivity index (χ0) is 23.2. The summed E-state index contributed by atoms with van der Waals surface area (Å²) in [6, 6.07) is 6.04. The Kier molecular flexibility index (Phi) is 8.40. The first kappa shape index (κ1) is 24.6. The predicted octanol–water partition coefficient (Wildman–Crippen LogP) is 5.31. The predicted molar refractivity (Wildman–Crippen MR) is 111 cm³/mol. The fourth-order valence-electron chi connectivity index (χ4n) is 2.35. The highest BCUT2D eigenvalue weighted by Gasteiger charge is 2.31. The molecule has 0 aromatic heterocycles. The van der Waals surface area contributed by atoms with E-state index in [1.807, 2.05) is 6.26 Å². The van der Waals surface area contributed by atoms with Gasteiger partial charge in [0.2, 0.25) is 5.75 Å². The van der Waals surface area contributed by atoms with Crippen LogP contribution in [0.1, 0.15) is 12.5 Å². The summed E-state index contributed by atoms with van der Waals surface area (Å²) >= 11 is 7.41. The van der Waals surface area contributed by atoms with Crippen LogP contribution in [0.4, 0.5) is 18.9 Å². The van der Waals surface area contributed by atoms with Crippen molar-refractivity contribution in [1.29, 1.82) is 0 Å². The van der Waals surface area contributed by atoms with Gasteiger partial charge in [-0.15, -0.1) is 0 Å². The molecule has 1 unspecified atom stereocenters. The SMILES string of the molecule is CSCCNC(=O)C(C)Oc1cc(Oc2ccc(C(F)(F)F)cc2Cl)ccc1[N+](=O)[O-]. The van der Waals surface area contributed by atoms with Crippen LogP contribution in [0.25, 0.3) is 0 Å². The maximum absolute atomic E-state index is 12.8. The third kappa shape index (κ3) is 6.93. The van der Waals surface area contributed by atoms with Gasteiger partial charge in [0.15, 0.2) is 6.10 Å². The monoisotopic (exact) mass is 478 g/mol. The second-order valence-electron chi connectivity index (χ2n) is 6.18. The number of amides is 1. The molecule has 2 aromatic rings. The van der Waals surface area contributed by atoms with Gasteiger partial charge >= 0.3 is 11.9 Å².